The highest BCUT2D eigenvalue weighted by Crippen LogP contribution is 2.23. The van der Waals surface area contributed by atoms with Crippen LogP contribution in [0.4, 0.5) is 0 Å². The van der Waals surface area contributed by atoms with Crippen LogP contribution in [0, 0.1) is 5.92 Å². The second kappa shape index (κ2) is 6.41. The van der Waals surface area contributed by atoms with Crippen molar-refractivity contribution in [2.24, 2.45) is 5.92 Å². The molecule has 1 aliphatic rings. The van der Waals surface area contributed by atoms with Crippen LogP contribution in [-0.2, 0) is 9.53 Å². The largest absolute Gasteiger partial charge is 0.497 e. The molecule has 1 fully saturated rings. The minimum Gasteiger partial charge on any atom is -0.497 e. The van der Waals surface area contributed by atoms with Gasteiger partial charge in [0.05, 0.1) is 13.0 Å². The van der Waals surface area contributed by atoms with Gasteiger partial charge in [0.2, 0.25) is 0 Å². The predicted octanol–water partition coefficient (Wildman–Crippen LogP) is 3.79. The third-order valence-corrected chi connectivity index (χ3v) is 3.39. The molecule has 1 aliphatic heterocycles. The van der Waals surface area contributed by atoms with Crippen molar-refractivity contribution in [3.63, 3.8) is 0 Å². The molecule has 2 rings (SSSR count). The lowest BCUT2D eigenvalue weighted by molar-refractivity contribution is -0.144. The normalized spacial score (nSPS) is 22.5. The van der Waals surface area contributed by atoms with Crippen LogP contribution in [0.3, 0.4) is 0 Å². The van der Waals surface area contributed by atoms with Crippen LogP contribution < -0.4 is 4.74 Å². The van der Waals surface area contributed by atoms with Crippen LogP contribution in [0.5, 0.6) is 5.75 Å². The van der Waals surface area contributed by atoms with E-state index in [1.165, 1.54) is 0 Å². The lowest BCUT2D eigenvalue weighted by atomic mass is 10.0. The van der Waals surface area contributed by atoms with Gasteiger partial charge in [-0.1, -0.05) is 25.5 Å². The number of esters is 1. The fourth-order valence-electron chi connectivity index (χ4n) is 2.14. The first-order valence-electron chi connectivity index (χ1n) is 6.75. The molecule has 0 spiro atoms. The van der Waals surface area contributed by atoms with Gasteiger partial charge in [-0.2, -0.15) is 0 Å². The van der Waals surface area contributed by atoms with Crippen molar-refractivity contribution in [3.8, 4) is 5.75 Å². The molecule has 0 amide bonds. The molecule has 0 bridgehead atoms. The van der Waals surface area contributed by atoms with Crippen molar-refractivity contribution in [1.82, 2.24) is 0 Å². The van der Waals surface area contributed by atoms with Gasteiger partial charge in [-0.05, 0) is 36.6 Å². The number of carbonyl (C=O) groups is 1. The van der Waals surface area contributed by atoms with E-state index < -0.39 is 0 Å². The SMILES string of the molecule is COc1ccc(/C=C2\CCCCC(C)C(=O)O2)cc1. The van der Waals surface area contributed by atoms with Crippen LogP contribution in [0.2, 0.25) is 0 Å². The van der Waals surface area contributed by atoms with E-state index in [0.717, 1.165) is 42.8 Å². The van der Waals surface area contributed by atoms with Crippen molar-refractivity contribution in [3.05, 3.63) is 35.6 Å². The molecule has 0 N–H and O–H groups in total. The number of rotatable bonds is 2. The summed E-state index contributed by atoms with van der Waals surface area (Å²) in [5.74, 6) is 1.48. The minimum absolute atomic E-state index is 0.000401. The number of hydrogen-bond donors (Lipinski definition) is 0. The van der Waals surface area contributed by atoms with Crippen LogP contribution in [0.25, 0.3) is 6.08 Å². The quantitative estimate of drug-likeness (QED) is 0.759. The predicted molar refractivity (Wildman–Crippen MR) is 74.7 cm³/mol. The van der Waals surface area contributed by atoms with Gasteiger partial charge in [-0.25, -0.2) is 0 Å². The van der Waals surface area contributed by atoms with Gasteiger partial charge in [0, 0.05) is 6.42 Å². The monoisotopic (exact) mass is 260 g/mol. The highest BCUT2D eigenvalue weighted by Gasteiger charge is 2.18. The molecule has 1 heterocycles. The van der Waals surface area contributed by atoms with Crippen molar-refractivity contribution in [1.29, 1.82) is 0 Å². The lowest BCUT2D eigenvalue weighted by Gasteiger charge is -2.17. The summed E-state index contributed by atoms with van der Waals surface area (Å²) < 4.78 is 10.6. The van der Waals surface area contributed by atoms with E-state index in [1.807, 2.05) is 37.3 Å². The fourth-order valence-corrected chi connectivity index (χ4v) is 2.14. The summed E-state index contributed by atoms with van der Waals surface area (Å²) in [4.78, 5) is 11.8. The summed E-state index contributed by atoms with van der Waals surface area (Å²) in [7, 11) is 1.64. The first-order valence-corrected chi connectivity index (χ1v) is 6.75. The first-order chi connectivity index (χ1) is 9.19. The summed E-state index contributed by atoms with van der Waals surface area (Å²) in [5, 5.41) is 0. The maximum atomic E-state index is 11.8. The molecular formula is C16H20O3. The van der Waals surface area contributed by atoms with E-state index in [4.69, 9.17) is 9.47 Å². The van der Waals surface area contributed by atoms with E-state index in [2.05, 4.69) is 0 Å². The van der Waals surface area contributed by atoms with Crippen LogP contribution >= 0.6 is 0 Å². The Morgan fingerprint density at radius 1 is 1.26 bits per heavy atom. The third-order valence-electron chi connectivity index (χ3n) is 3.39. The number of allylic oxidation sites excluding steroid dienone is 1. The van der Waals surface area contributed by atoms with E-state index >= 15 is 0 Å². The Kier molecular flexibility index (Phi) is 4.61. The van der Waals surface area contributed by atoms with Gasteiger partial charge in [-0.3, -0.25) is 4.79 Å². The molecule has 0 aromatic heterocycles. The lowest BCUT2D eigenvalue weighted by Crippen LogP contribution is -2.16. The van der Waals surface area contributed by atoms with Crippen molar-refractivity contribution < 1.29 is 14.3 Å². The number of hydrogen-bond acceptors (Lipinski definition) is 3. The van der Waals surface area contributed by atoms with Crippen LogP contribution in [0.1, 0.15) is 38.2 Å². The zero-order valence-electron chi connectivity index (χ0n) is 11.5. The molecule has 102 valence electrons. The average Bonchev–Trinajstić information content (AvgIpc) is 2.42. The molecule has 0 aliphatic carbocycles. The van der Waals surface area contributed by atoms with Gasteiger partial charge in [0.25, 0.3) is 0 Å². The summed E-state index contributed by atoms with van der Waals surface area (Å²) in [6.07, 6.45) is 5.84. The number of cyclic esters (lactones) is 1. The van der Waals surface area contributed by atoms with E-state index in [-0.39, 0.29) is 11.9 Å². The molecule has 0 radical (unpaired) electrons. The zero-order valence-corrected chi connectivity index (χ0v) is 11.5. The summed E-state index contributed by atoms with van der Waals surface area (Å²) in [6.45, 7) is 1.93. The van der Waals surface area contributed by atoms with Crippen LogP contribution in [-0.4, -0.2) is 13.1 Å². The second-order valence-electron chi connectivity index (χ2n) is 4.95. The Morgan fingerprint density at radius 3 is 2.68 bits per heavy atom. The number of methoxy groups -OCH3 is 1. The summed E-state index contributed by atoms with van der Waals surface area (Å²) in [6, 6.07) is 7.73. The number of ether oxygens (including phenoxy) is 2. The Balaban J connectivity index is 2.12. The van der Waals surface area contributed by atoms with Crippen molar-refractivity contribution >= 4 is 12.0 Å². The average molecular weight is 260 g/mol. The highest BCUT2D eigenvalue weighted by molar-refractivity contribution is 5.74. The topological polar surface area (TPSA) is 35.5 Å². The molecule has 1 saturated heterocycles. The molecule has 3 heteroatoms. The maximum absolute atomic E-state index is 11.8. The molecule has 1 aromatic carbocycles. The standard InChI is InChI=1S/C16H20O3/c1-12-5-3-4-6-15(19-16(12)17)11-13-7-9-14(18-2)10-8-13/h7-12H,3-6H2,1-2H3/b15-11+. The molecule has 3 nitrogen and oxygen atoms in total. The van der Waals surface area contributed by atoms with Gasteiger partial charge in [0.1, 0.15) is 11.5 Å². The van der Waals surface area contributed by atoms with Gasteiger partial charge >= 0.3 is 5.97 Å². The number of benzene rings is 1. The molecule has 1 atom stereocenters. The second-order valence-corrected chi connectivity index (χ2v) is 4.95. The molecule has 1 aromatic rings. The van der Waals surface area contributed by atoms with E-state index in [1.54, 1.807) is 7.11 Å². The van der Waals surface area contributed by atoms with E-state index in [9.17, 15) is 4.79 Å². The Labute approximate surface area is 114 Å². The molecule has 1 unspecified atom stereocenters. The van der Waals surface area contributed by atoms with Crippen molar-refractivity contribution in [2.75, 3.05) is 7.11 Å². The van der Waals surface area contributed by atoms with Gasteiger partial charge in [0.15, 0.2) is 0 Å². The zero-order chi connectivity index (χ0) is 13.7. The van der Waals surface area contributed by atoms with Crippen LogP contribution in [0.15, 0.2) is 30.0 Å². The minimum atomic E-state index is -0.112. The smallest absolute Gasteiger partial charge is 0.313 e. The molecule has 19 heavy (non-hydrogen) atoms. The number of carbonyl (C=O) groups excluding carboxylic acids is 1. The Morgan fingerprint density at radius 2 is 2.00 bits per heavy atom. The fraction of sp³-hybridized carbons (Fsp3) is 0.438. The third kappa shape index (κ3) is 3.85. The van der Waals surface area contributed by atoms with Gasteiger partial charge < -0.3 is 9.47 Å². The molecular weight excluding hydrogens is 240 g/mol. The summed E-state index contributed by atoms with van der Waals surface area (Å²) >= 11 is 0. The highest BCUT2D eigenvalue weighted by atomic mass is 16.5. The van der Waals surface area contributed by atoms with Crippen molar-refractivity contribution in [2.45, 2.75) is 32.6 Å². The maximum Gasteiger partial charge on any atom is 0.313 e. The summed E-state index contributed by atoms with van der Waals surface area (Å²) in [5.41, 5.74) is 1.02. The van der Waals surface area contributed by atoms with E-state index in [0.29, 0.717) is 0 Å². The molecule has 0 saturated carbocycles. The van der Waals surface area contributed by atoms with Gasteiger partial charge in [-0.15, -0.1) is 0 Å². The Bertz CT molecular complexity index is 459. The first kappa shape index (κ1) is 13.7. The Hall–Kier alpha value is -1.77.